The van der Waals surface area contributed by atoms with Crippen molar-refractivity contribution in [2.75, 3.05) is 43.0 Å². The molecule has 1 aromatic rings. The van der Waals surface area contributed by atoms with Crippen molar-refractivity contribution in [2.24, 2.45) is 5.73 Å². The molecule has 104 valence electrons. The summed E-state index contributed by atoms with van der Waals surface area (Å²) in [7, 11) is 2.01. The van der Waals surface area contributed by atoms with Gasteiger partial charge in [0.05, 0.1) is 16.9 Å². The predicted molar refractivity (Wildman–Crippen MR) is 77.2 cm³/mol. The zero-order valence-corrected chi connectivity index (χ0v) is 11.3. The van der Waals surface area contributed by atoms with Crippen molar-refractivity contribution in [2.45, 2.75) is 12.8 Å². The second kappa shape index (κ2) is 5.93. The molecule has 0 unspecified atom stereocenters. The topological polar surface area (TPSA) is 69.8 Å². The molecule has 5 heteroatoms. The fourth-order valence-electron chi connectivity index (χ4n) is 2.48. The fourth-order valence-corrected chi connectivity index (χ4v) is 2.48. The first kappa shape index (κ1) is 13.7. The third kappa shape index (κ3) is 2.98. The molecule has 0 bridgehead atoms. The van der Waals surface area contributed by atoms with Crippen molar-refractivity contribution >= 4 is 17.3 Å². The van der Waals surface area contributed by atoms with Gasteiger partial charge in [-0.25, -0.2) is 4.79 Å². The molecule has 0 radical (unpaired) electrons. The molecular formula is C14H21N3O2. The standard InChI is InChI=1S/C14H21N3O2/c1-16-7-3-9-17(8-2-6-15)12-5-4-11(14(18)19)10-13(12)16/h4-5,10H,2-3,6-9,15H2,1H3,(H,18,19). The highest BCUT2D eigenvalue weighted by atomic mass is 16.4. The summed E-state index contributed by atoms with van der Waals surface area (Å²) >= 11 is 0. The van der Waals surface area contributed by atoms with Gasteiger partial charge in [0.15, 0.2) is 0 Å². The van der Waals surface area contributed by atoms with Gasteiger partial charge in [0.2, 0.25) is 0 Å². The van der Waals surface area contributed by atoms with E-state index < -0.39 is 5.97 Å². The van der Waals surface area contributed by atoms with Gasteiger partial charge in [-0.15, -0.1) is 0 Å². The first-order chi connectivity index (χ1) is 9.13. The smallest absolute Gasteiger partial charge is 0.335 e. The van der Waals surface area contributed by atoms with E-state index in [-0.39, 0.29) is 0 Å². The number of benzene rings is 1. The second-order valence-corrected chi connectivity index (χ2v) is 4.91. The van der Waals surface area contributed by atoms with Crippen LogP contribution in [0.2, 0.25) is 0 Å². The number of hydrogen-bond acceptors (Lipinski definition) is 4. The lowest BCUT2D eigenvalue weighted by Crippen LogP contribution is -2.26. The Labute approximate surface area is 113 Å². The molecule has 5 nitrogen and oxygen atoms in total. The number of hydrogen-bond donors (Lipinski definition) is 2. The Morgan fingerprint density at radius 1 is 1.37 bits per heavy atom. The zero-order chi connectivity index (χ0) is 13.8. The molecule has 1 heterocycles. The summed E-state index contributed by atoms with van der Waals surface area (Å²) in [6.07, 6.45) is 2.02. The van der Waals surface area contributed by atoms with Crippen molar-refractivity contribution in [1.29, 1.82) is 0 Å². The largest absolute Gasteiger partial charge is 0.478 e. The van der Waals surface area contributed by atoms with Crippen LogP contribution in [-0.2, 0) is 0 Å². The van der Waals surface area contributed by atoms with Crippen LogP contribution < -0.4 is 15.5 Å². The molecule has 1 aliphatic heterocycles. The molecule has 2 rings (SSSR count). The SMILES string of the molecule is CN1CCCN(CCCN)c2ccc(C(=O)O)cc21. The minimum absolute atomic E-state index is 0.339. The van der Waals surface area contributed by atoms with E-state index in [0.29, 0.717) is 12.1 Å². The number of nitrogens with two attached hydrogens (primary N) is 1. The second-order valence-electron chi connectivity index (χ2n) is 4.91. The molecule has 19 heavy (non-hydrogen) atoms. The zero-order valence-electron chi connectivity index (χ0n) is 11.3. The van der Waals surface area contributed by atoms with Crippen LogP contribution in [0, 0.1) is 0 Å². The lowest BCUT2D eigenvalue weighted by atomic mass is 10.1. The Bertz CT molecular complexity index is 462. The number of anilines is 2. The van der Waals surface area contributed by atoms with Crippen molar-refractivity contribution in [3.8, 4) is 0 Å². The first-order valence-electron chi connectivity index (χ1n) is 6.67. The summed E-state index contributed by atoms with van der Waals surface area (Å²) in [6.45, 7) is 3.53. The van der Waals surface area contributed by atoms with Crippen LogP contribution in [0.3, 0.4) is 0 Å². The van der Waals surface area contributed by atoms with E-state index in [1.165, 1.54) is 0 Å². The van der Waals surface area contributed by atoms with Crippen molar-refractivity contribution < 1.29 is 9.90 Å². The summed E-state index contributed by atoms with van der Waals surface area (Å²) in [6, 6.07) is 5.35. The quantitative estimate of drug-likeness (QED) is 0.859. The third-order valence-corrected chi connectivity index (χ3v) is 3.53. The number of fused-ring (bicyclic) bond motifs is 1. The highest BCUT2D eigenvalue weighted by molar-refractivity contribution is 5.91. The van der Waals surface area contributed by atoms with Crippen LogP contribution in [0.25, 0.3) is 0 Å². The van der Waals surface area contributed by atoms with Gasteiger partial charge < -0.3 is 20.6 Å². The maximum atomic E-state index is 11.1. The van der Waals surface area contributed by atoms with Gasteiger partial charge in [-0.05, 0) is 37.6 Å². The number of carboxylic acid groups (broad SMARTS) is 1. The van der Waals surface area contributed by atoms with Gasteiger partial charge in [0.25, 0.3) is 0 Å². The number of aromatic carboxylic acids is 1. The first-order valence-corrected chi connectivity index (χ1v) is 6.67. The fraction of sp³-hybridized carbons (Fsp3) is 0.500. The Morgan fingerprint density at radius 2 is 2.16 bits per heavy atom. The minimum Gasteiger partial charge on any atom is -0.478 e. The van der Waals surface area contributed by atoms with E-state index in [1.807, 2.05) is 13.1 Å². The van der Waals surface area contributed by atoms with Crippen LogP contribution in [0.4, 0.5) is 11.4 Å². The molecule has 0 fully saturated rings. The predicted octanol–water partition coefficient (Wildman–Crippen LogP) is 1.38. The Hall–Kier alpha value is -1.75. The summed E-state index contributed by atoms with van der Waals surface area (Å²) in [4.78, 5) is 15.5. The number of carboxylic acids is 1. The highest BCUT2D eigenvalue weighted by Gasteiger charge is 2.19. The van der Waals surface area contributed by atoms with Crippen molar-refractivity contribution in [3.05, 3.63) is 23.8 Å². The molecule has 0 aromatic heterocycles. The van der Waals surface area contributed by atoms with Gasteiger partial charge in [0, 0.05) is 26.7 Å². The minimum atomic E-state index is -0.881. The molecule has 1 aromatic carbocycles. The lowest BCUT2D eigenvalue weighted by molar-refractivity contribution is 0.0697. The highest BCUT2D eigenvalue weighted by Crippen LogP contribution is 2.32. The van der Waals surface area contributed by atoms with Crippen molar-refractivity contribution in [1.82, 2.24) is 0 Å². The van der Waals surface area contributed by atoms with Gasteiger partial charge in [-0.1, -0.05) is 0 Å². The van der Waals surface area contributed by atoms with Crippen LogP contribution in [0.15, 0.2) is 18.2 Å². The van der Waals surface area contributed by atoms with Crippen LogP contribution in [0.1, 0.15) is 23.2 Å². The molecule has 0 aliphatic carbocycles. The van der Waals surface area contributed by atoms with Gasteiger partial charge in [-0.2, -0.15) is 0 Å². The Morgan fingerprint density at radius 3 is 2.84 bits per heavy atom. The van der Waals surface area contributed by atoms with Crippen molar-refractivity contribution in [3.63, 3.8) is 0 Å². The van der Waals surface area contributed by atoms with Gasteiger partial charge >= 0.3 is 5.97 Å². The summed E-state index contributed by atoms with van der Waals surface area (Å²) in [5.74, 6) is -0.881. The number of nitrogens with zero attached hydrogens (tertiary/aromatic N) is 2. The van der Waals surface area contributed by atoms with E-state index >= 15 is 0 Å². The van der Waals surface area contributed by atoms with E-state index in [2.05, 4.69) is 9.80 Å². The lowest BCUT2D eigenvalue weighted by Gasteiger charge is -2.26. The third-order valence-electron chi connectivity index (χ3n) is 3.53. The molecule has 1 aliphatic rings. The maximum absolute atomic E-state index is 11.1. The van der Waals surface area contributed by atoms with Crippen LogP contribution in [0.5, 0.6) is 0 Å². The number of rotatable bonds is 4. The molecule has 0 saturated heterocycles. The van der Waals surface area contributed by atoms with Crippen LogP contribution in [-0.4, -0.2) is 44.3 Å². The van der Waals surface area contributed by atoms with Crippen LogP contribution >= 0.6 is 0 Å². The van der Waals surface area contributed by atoms with Gasteiger partial charge in [0.1, 0.15) is 0 Å². The normalized spacial score (nSPS) is 15.1. The van der Waals surface area contributed by atoms with E-state index in [9.17, 15) is 4.79 Å². The maximum Gasteiger partial charge on any atom is 0.335 e. The molecule has 0 amide bonds. The van der Waals surface area contributed by atoms with E-state index in [4.69, 9.17) is 10.8 Å². The molecule has 0 saturated carbocycles. The average molecular weight is 263 g/mol. The Kier molecular flexibility index (Phi) is 4.27. The Balaban J connectivity index is 2.36. The number of carbonyl (C=O) groups is 1. The van der Waals surface area contributed by atoms with Gasteiger partial charge in [-0.3, -0.25) is 0 Å². The summed E-state index contributed by atoms with van der Waals surface area (Å²) in [5.41, 5.74) is 8.02. The van der Waals surface area contributed by atoms with E-state index in [0.717, 1.165) is 43.9 Å². The summed E-state index contributed by atoms with van der Waals surface area (Å²) < 4.78 is 0. The molecule has 3 N–H and O–H groups in total. The van der Waals surface area contributed by atoms with E-state index in [1.54, 1.807) is 12.1 Å². The summed E-state index contributed by atoms with van der Waals surface area (Å²) in [5, 5.41) is 9.10. The molecule has 0 spiro atoms. The molecular weight excluding hydrogens is 242 g/mol. The molecule has 0 atom stereocenters. The monoisotopic (exact) mass is 263 g/mol. The average Bonchev–Trinajstić information content (AvgIpc) is 2.56.